The van der Waals surface area contributed by atoms with Crippen molar-refractivity contribution in [1.29, 1.82) is 0 Å². The fraction of sp³-hybridized carbons (Fsp3) is 0.444. The minimum absolute atomic E-state index is 0.123. The van der Waals surface area contributed by atoms with Gasteiger partial charge >= 0.3 is 5.97 Å². The lowest BCUT2D eigenvalue weighted by atomic mass is 9.86. The zero-order chi connectivity index (χ0) is 33.8. The second-order valence-corrected chi connectivity index (χ2v) is 13.6. The molecule has 11 heteroatoms. The van der Waals surface area contributed by atoms with E-state index in [1.165, 1.54) is 6.07 Å². The largest absolute Gasteiger partial charge is 0.490 e. The van der Waals surface area contributed by atoms with E-state index in [1.807, 2.05) is 42.6 Å². The van der Waals surface area contributed by atoms with Gasteiger partial charge in [-0.1, -0.05) is 0 Å². The third kappa shape index (κ3) is 6.09. The lowest BCUT2D eigenvalue weighted by Crippen LogP contribution is -2.47. The molecule has 3 aromatic heterocycles. The average molecular weight is 644 g/mol. The number of hydrogen-bond acceptors (Lipinski definition) is 7. The zero-order valence-electron chi connectivity index (χ0n) is 28.1. The van der Waals surface area contributed by atoms with E-state index in [-0.39, 0.29) is 11.7 Å². The summed E-state index contributed by atoms with van der Waals surface area (Å²) >= 11 is 0. The monoisotopic (exact) mass is 643 g/mol. The molecule has 6 rings (SSSR count). The van der Waals surface area contributed by atoms with Gasteiger partial charge in [-0.3, -0.25) is 9.78 Å². The predicted molar refractivity (Wildman–Crippen MR) is 177 cm³/mol. The van der Waals surface area contributed by atoms with Crippen LogP contribution in [0.2, 0.25) is 0 Å². The molecule has 0 unspecified atom stereocenters. The molecule has 0 bridgehead atoms. The second-order valence-electron chi connectivity index (χ2n) is 13.6. The number of carboxylic acid groups (broad SMARTS) is 1. The van der Waals surface area contributed by atoms with Crippen molar-refractivity contribution in [2.24, 2.45) is 7.05 Å². The number of nitrogens with zero attached hydrogens (tertiary/aromatic N) is 5. The fourth-order valence-electron chi connectivity index (χ4n) is 6.73. The first-order valence-corrected chi connectivity index (χ1v) is 16.0. The topological polar surface area (TPSA) is 110 Å². The Morgan fingerprint density at radius 1 is 1.09 bits per heavy atom. The molecule has 0 saturated carbocycles. The number of benzene rings is 1. The van der Waals surface area contributed by atoms with Crippen LogP contribution in [0.4, 0.5) is 4.39 Å². The molecule has 47 heavy (non-hydrogen) atoms. The first kappa shape index (κ1) is 32.6. The maximum Gasteiger partial charge on any atom is 0.337 e. The number of fused-ring (bicyclic) bond motifs is 2. The molecule has 10 nitrogen and oxygen atoms in total. The molecule has 1 saturated heterocycles. The highest BCUT2D eigenvalue weighted by Crippen LogP contribution is 2.45. The summed E-state index contributed by atoms with van der Waals surface area (Å²) in [7, 11) is 3.92. The Morgan fingerprint density at radius 2 is 1.81 bits per heavy atom. The summed E-state index contributed by atoms with van der Waals surface area (Å²) in [5.74, 6) is -1.52. The number of hydrogen-bond donors (Lipinski definition) is 1. The van der Waals surface area contributed by atoms with Crippen molar-refractivity contribution in [2.45, 2.75) is 59.2 Å². The van der Waals surface area contributed by atoms with Crippen molar-refractivity contribution in [3.63, 3.8) is 0 Å². The quantitative estimate of drug-likeness (QED) is 0.285. The highest BCUT2D eigenvalue weighted by atomic mass is 19.1. The van der Waals surface area contributed by atoms with E-state index >= 15 is 4.39 Å². The van der Waals surface area contributed by atoms with E-state index in [0.717, 1.165) is 41.9 Å². The summed E-state index contributed by atoms with van der Waals surface area (Å²) in [6.07, 6.45) is 1.67. The van der Waals surface area contributed by atoms with Crippen LogP contribution in [0.25, 0.3) is 33.4 Å². The van der Waals surface area contributed by atoms with Crippen molar-refractivity contribution < 1.29 is 28.6 Å². The summed E-state index contributed by atoms with van der Waals surface area (Å²) in [4.78, 5) is 39.6. The number of likely N-dealkylation sites (N-methyl/N-ethyl adjacent to an activating group) is 1. The Balaban J connectivity index is 1.58. The van der Waals surface area contributed by atoms with Crippen molar-refractivity contribution in [3.05, 3.63) is 64.4 Å². The van der Waals surface area contributed by atoms with E-state index in [0.29, 0.717) is 65.2 Å². The predicted octanol–water partition coefficient (Wildman–Crippen LogP) is 5.71. The van der Waals surface area contributed by atoms with Gasteiger partial charge in [0, 0.05) is 72.8 Å². The minimum atomic E-state index is -1.37. The zero-order valence-corrected chi connectivity index (χ0v) is 28.1. The number of piperazine rings is 1. The highest BCUT2D eigenvalue weighted by molar-refractivity contribution is 6.02. The van der Waals surface area contributed by atoms with E-state index in [4.69, 9.17) is 14.5 Å². The molecule has 248 valence electrons. The molecule has 1 N–H and O–H groups in total. The van der Waals surface area contributed by atoms with Crippen LogP contribution in [-0.2, 0) is 23.0 Å². The van der Waals surface area contributed by atoms with Gasteiger partial charge < -0.3 is 28.9 Å². The van der Waals surface area contributed by atoms with Crippen LogP contribution in [0.3, 0.4) is 0 Å². The molecule has 5 heterocycles. The summed E-state index contributed by atoms with van der Waals surface area (Å²) in [6, 6.07) is 7.00. The normalized spacial score (nSPS) is 16.2. The number of amides is 1. The molecule has 2 aliphatic rings. The molecule has 2 aliphatic heterocycles. The first-order valence-electron chi connectivity index (χ1n) is 16.0. The molecular weight excluding hydrogens is 601 g/mol. The number of carboxylic acids is 1. The molecule has 0 aliphatic carbocycles. The molecule has 4 aromatic rings. The smallest absolute Gasteiger partial charge is 0.337 e. The molecule has 1 aromatic carbocycles. The Morgan fingerprint density at radius 3 is 2.49 bits per heavy atom. The Hall–Kier alpha value is -4.35. The van der Waals surface area contributed by atoms with Gasteiger partial charge in [0.2, 0.25) is 0 Å². The maximum absolute atomic E-state index is 15.8. The van der Waals surface area contributed by atoms with E-state index in [2.05, 4.69) is 9.88 Å². The molecule has 0 radical (unpaired) electrons. The average Bonchev–Trinajstić information content (AvgIpc) is 3.36. The number of rotatable bonds is 6. The van der Waals surface area contributed by atoms with Gasteiger partial charge in [0.25, 0.3) is 5.91 Å². The van der Waals surface area contributed by atoms with E-state index < -0.39 is 23.5 Å². The van der Waals surface area contributed by atoms with Gasteiger partial charge in [-0.2, -0.15) is 0 Å². The molecular formula is C36H42FN5O5. The van der Waals surface area contributed by atoms with Gasteiger partial charge in [0.1, 0.15) is 11.3 Å². The van der Waals surface area contributed by atoms with E-state index in [9.17, 15) is 14.7 Å². The number of aryl methyl sites for hydroxylation is 2. The molecule has 1 amide bonds. The van der Waals surface area contributed by atoms with Crippen LogP contribution in [0.5, 0.6) is 5.75 Å². The van der Waals surface area contributed by atoms with Gasteiger partial charge in [-0.15, -0.1) is 0 Å². The Kier molecular flexibility index (Phi) is 8.56. The lowest BCUT2D eigenvalue weighted by Gasteiger charge is -2.32. The number of pyridine rings is 2. The van der Waals surface area contributed by atoms with Crippen LogP contribution in [0, 0.1) is 19.7 Å². The molecule has 1 fully saturated rings. The van der Waals surface area contributed by atoms with Crippen LogP contribution in [0.15, 0.2) is 30.5 Å². The highest BCUT2D eigenvalue weighted by Gasteiger charge is 2.34. The van der Waals surface area contributed by atoms with Gasteiger partial charge in [0.15, 0.2) is 17.7 Å². The summed E-state index contributed by atoms with van der Waals surface area (Å²) in [5.41, 5.74) is 5.21. The molecule has 1 atom stereocenters. The maximum atomic E-state index is 15.8. The van der Waals surface area contributed by atoms with Gasteiger partial charge in [0.05, 0.1) is 17.9 Å². The summed E-state index contributed by atoms with van der Waals surface area (Å²) < 4.78 is 29.6. The minimum Gasteiger partial charge on any atom is -0.490 e. The number of carbonyl (C=O) groups excluding carboxylic acids is 1. The van der Waals surface area contributed by atoms with Crippen molar-refractivity contribution in [2.75, 3.05) is 39.8 Å². The SMILES string of the molecule is Cc1nc2c(cc(-c3ccnc(C(=O)N4CCN(C)CC4)c3)n2C)c(-c2cc(F)c3c(c2C)CCCO3)c1[C@H](OC(C)(C)C)C(=O)O. The van der Waals surface area contributed by atoms with Crippen molar-refractivity contribution in [3.8, 4) is 28.1 Å². The number of halogens is 1. The fourth-order valence-corrected chi connectivity index (χ4v) is 6.73. The standard InChI is InChI=1S/C36H42FN5O5/c1-20-23-9-8-16-46-31(23)26(37)18-24(20)30-25-19-28(22-10-11-38-27(17-22)34(43)42-14-12-40(6)13-15-42)41(7)33(25)39-21(2)29(30)32(35(44)45)47-36(3,4)5/h10-11,17-19,32H,8-9,12-16H2,1-7H3,(H,44,45)/t32-/m0/s1. The number of carbonyl (C=O) groups is 2. The van der Waals surface area contributed by atoms with Gasteiger partial charge in [-0.05, 0) is 89.9 Å². The summed E-state index contributed by atoms with van der Waals surface area (Å²) in [5, 5.41) is 11.2. The Bertz CT molecular complexity index is 1890. The van der Waals surface area contributed by atoms with Crippen molar-refractivity contribution in [1.82, 2.24) is 24.3 Å². The number of ether oxygens (including phenoxy) is 2. The first-order chi connectivity index (χ1) is 22.2. The number of aromatic nitrogens is 3. The Labute approximate surface area is 274 Å². The lowest BCUT2D eigenvalue weighted by molar-refractivity contribution is -0.160. The van der Waals surface area contributed by atoms with Crippen molar-refractivity contribution >= 4 is 22.9 Å². The van der Waals surface area contributed by atoms with Crippen LogP contribution >= 0.6 is 0 Å². The number of aliphatic carboxylic acids is 1. The van der Waals surface area contributed by atoms with Crippen LogP contribution < -0.4 is 4.74 Å². The third-order valence-corrected chi connectivity index (χ3v) is 9.13. The summed E-state index contributed by atoms with van der Waals surface area (Å²) in [6.45, 7) is 12.4. The van der Waals surface area contributed by atoms with Crippen LogP contribution in [0.1, 0.15) is 66.2 Å². The van der Waals surface area contributed by atoms with Crippen LogP contribution in [-0.4, -0.2) is 86.8 Å². The second kappa shape index (κ2) is 12.4. The van der Waals surface area contributed by atoms with E-state index in [1.54, 1.807) is 40.0 Å². The third-order valence-electron chi connectivity index (χ3n) is 9.13. The molecule has 0 spiro atoms. The van der Waals surface area contributed by atoms with Gasteiger partial charge in [-0.25, -0.2) is 14.2 Å².